The van der Waals surface area contributed by atoms with Gasteiger partial charge in [-0.3, -0.25) is 0 Å². The van der Waals surface area contributed by atoms with Crippen LogP contribution in [0.3, 0.4) is 0 Å². The van der Waals surface area contributed by atoms with E-state index in [-0.39, 0.29) is 0 Å². The zero-order valence-corrected chi connectivity index (χ0v) is 9.58. The maximum Gasteiger partial charge on any atom is 0.0319 e. The van der Waals surface area contributed by atoms with Gasteiger partial charge in [0.1, 0.15) is 0 Å². The SMILES string of the molecule is Nc1cccc(/C=C/C=C/c2ccccc2)c1. The molecular weight excluding hydrogens is 206 g/mol. The smallest absolute Gasteiger partial charge is 0.0319 e. The molecule has 0 saturated heterocycles. The van der Waals surface area contributed by atoms with Crippen LogP contribution in [0.4, 0.5) is 5.69 Å². The Morgan fingerprint density at radius 1 is 0.706 bits per heavy atom. The van der Waals surface area contributed by atoms with Crippen LogP contribution in [-0.2, 0) is 0 Å². The number of hydrogen-bond acceptors (Lipinski definition) is 1. The van der Waals surface area contributed by atoms with Gasteiger partial charge in [-0.05, 0) is 23.3 Å². The molecule has 0 aliphatic rings. The number of benzene rings is 2. The van der Waals surface area contributed by atoms with Crippen molar-refractivity contribution >= 4 is 17.8 Å². The van der Waals surface area contributed by atoms with Crippen LogP contribution in [0.15, 0.2) is 66.7 Å². The molecule has 0 radical (unpaired) electrons. The van der Waals surface area contributed by atoms with E-state index in [9.17, 15) is 0 Å². The summed E-state index contributed by atoms with van der Waals surface area (Å²) < 4.78 is 0. The lowest BCUT2D eigenvalue weighted by Crippen LogP contribution is -1.83. The second-order valence-corrected chi connectivity index (χ2v) is 3.80. The van der Waals surface area contributed by atoms with Gasteiger partial charge in [-0.2, -0.15) is 0 Å². The highest BCUT2D eigenvalue weighted by molar-refractivity contribution is 5.59. The molecule has 1 nitrogen and oxygen atoms in total. The van der Waals surface area contributed by atoms with Crippen LogP contribution in [0.1, 0.15) is 11.1 Å². The van der Waals surface area contributed by atoms with E-state index < -0.39 is 0 Å². The number of hydrogen-bond donors (Lipinski definition) is 1. The molecule has 0 fully saturated rings. The lowest BCUT2D eigenvalue weighted by Gasteiger charge is -1.94. The van der Waals surface area contributed by atoms with E-state index in [1.54, 1.807) is 0 Å². The second kappa shape index (κ2) is 5.71. The first kappa shape index (κ1) is 11.2. The maximum absolute atomic E-state index is 5.70. The van der Waals surface area contributed by atoms with Crippen LogP contribution in [0, 0.1) is 0 Å². The van der Waals surface area contributed by atoms with Gasteiger partial charge in [0, 0.05) is 5.69 Å². The van der Waals surface area contributed by atoms with Crippen molar-refractivity contribution in [3.05, 3.63) is 77.9 Å². The minimum Gasteiger partial charge on any atom is -0.399 e. The third-order valence-corrected chi connectivity index (χ3v) is 2.40. The Bertz CT molecular complexity index is 524. The summed E-state index contributed by atoms with van der Waals surface area (Å²) in [6.45, 7) is 0. The van der Waals surface area contributed by atoms with Crippen molar-refractivity contribution in [2.24, 2.45) is 0 Å². The maximum atomic E-state index is 5.70. The summed E-state index contributed by atoms with van der Waals surface area (Å²) in [6, 6.07) is 18.0. The fourth-order valence-corrected chi connectivity index (χ4v) is 1.56. The Morgan fingerprint density at radius 2 is 1.35 bits per heavy atom. The van der Waals surface area contributed by atoms with Crippen molar-refractivity contribution in [2.75, 3.05) is 5.73 Å². The van der Waals surface area contributed by atoms with Crippen molar-refractivity contribution in [3.63, 3.8) is 0 Å². The second-order valence-electron chi connectivity index (χ2n) is 3.80. The van der Waals surface area contributed by atoms with Crippen LogP contribution >= 0.6 is 0 Å². The first-order chi connectivity index (χ1) is 8.34. The molecule has 0 aliphatic carbocycles. The Hall–Kier alpha value is -2.28. The predicted molar refractivity (Wildman–Crippen MR) is 75.4 cm³/mol. The van der Waals surface area contributed by atoms with Crippen molar-refractivity contribution in [1.29, 1.82) is 0 Å². The predicted octanol–water partition coefficient (Wildman–Crippen LogP) is 4.00. The van der Waals surface area contributed by atoms with E-state index in [0.29, 0.717) is 0 Å². The molecular formula is C16H15N. The molecule has 0 bridgehead atoms. The van der Waals surface area contributed by atoms with Gasteiger partial charge in [-0.25, -0.2) is 0 Å². The number of rotatable bonds is 3. The number of nitrogens with two attached hydrogens (primary N) is 1. The molecule has 0 aliphatic heterocycles. The standard InChI is InChI=1S/C16H15N/c17-16-12-6-11-15(13-16)10-5-4-9-14-7-2-1-3-8-14/h1-13H,17H2/b9-4+,10-5+. The molecule has 2 aromatic rings. The Kier molecular flexibility index (Phi) is 3.77. The molecule has 84 valence electrons. The fraction of sp³-hybridized carbons (Fsp3) is 0. The van der Waals surface area contributed by atoms with Gasteiger partial charge in [0.15, 0.2) is 0 Å². The Balaban J connectivity index is 2.01. The minimum absolute atomic E-state index is 0.791. The summed E-state index contributed by atoms with van der Waals surface area (Å²) in [5.74, 6) is 0. The molecule has 0 unspecified atom stereocenters. The molecule has 0 spiro atoms. The molecule has 0 aromatic heterocycles. The van der Waals surface area contributed by atoms with Crippen molar-refractivity contribution < 1.29 is 0 Å². The summed E-state index contributed by atoms with van der Waals surface area (Å²) in [6.07, 6.45) is 8.15. The number of anilines is 1. The summed E-state index contributed by atoms with van der Waals surface area (Å²) in [7, 11) is 0. The molecule has 0 atom stereocenters. The van der Waals surface area contributed by atoms with Crippen LogP contribution in [0.2, 0.25) is 0 Å². The zero-order chi connectivity index (χ0) is 11.9. The summed E-state index contributed by atoms with van der Waals surface area (Å²) in [5, 5.41) is 0. The highest BCUT2D eigenvalue weighted by Crippen LogP contribution is 2.08. The topological polar surface area (TPSA) is 26.0 Å². The van der Waals surface area contributed by atoms with Gasteiger partial charge in [-0.15, -0.1) is 0 Å². The fourth-order valence-electron chi connectivity index (χ4n) is 1.56. The van der Waals surface area contributed by atoms with Gasteiger partial charge in [0.2, 0.25) is 0 Å². The lowest BCUT2D eigenvalue weighted by molar-refractivity contribution is 1.64. The van der Waals surface area contributed by atoms with Crippen molar-refractivity contribution in [1.82, 2.24) is 0 Å². The average molecular weight is 221 g/mol. The Morgan fingerprint density at radius 3 is 2.06 bits per heavy atom. The highest BCUT2D eigenvalue weighted by atomic mass is 14.5. The number of nitrogen functional groups attached to an aromatic ring is 1. The van der Waals surface area contributed by atoms with Crippen molar-refractivity contribution in [2.45, 2.75) is 0 Å². The van der Waals surface area contributed by atoms with Crippen LogP contribution in [-0.4, -0.2) is 0 Å². The zero-order valence-electron chi connectivity index (χ0n) is 9.58. The molecule has 17 heavy (non-hydrogen) atoms. The first-order valence-electron chi connectivity index (χ1n) is 5.60. The lowest BCUT2D eigenvalue weighted by atomic mass is 10.1. The molecule has 1 heteroatoms. The average Bonchev–Trinajstić information content (AvgIpc) is 2.36. The van der Waals surface area contributed by atoms with Crippen molar-refractivity contribution in [3.8, 4) is 0 Å². The molecule has 0 heterocycles. The van der Waals surface area contributed by atoms with E-state index >= 15 is 0 Å². The van der Waals surface area contributed by atoms with E-state index in [2.05, 4.69) is 18.2 Å². The monoisotopic (exact) mass is 221 g/mol. The number of allylic oxidation sites excluding steroid dienone is 2. The normalized spacial score (nSPS) is 11.3. The van der Waals surface area contributed by atoms with Gasteiger partial charge in [0.05, 0.1) is 0 Å². The minimum atomic E-state index is 0.791. The van der Waals surface area contributed by atoms with Crippen LogP contribution in [0.5, 0.6) is 0 Å². The Labute approximate surface area is 102 Å². The molecule has 0 saturated carbocycles. The van der Waals surface area contributed by atoms with E-state index in [1.165, 1.54) is 5.56 Å². The molecule has 2 N–H and O–H groups in total. The first-order valence-corrected chi connectivity index (χ1v) is 5.60. The van der Waals surface area contributed by atoms with Gasteiger partial charge in [-0.1, -0.05) is 66.8 Å². The largest absolute Gasteiger partial charge is 0.399 e. The van der Waals surface area contributed by atoms with E-state index in [0.717, 1.165) is 11.3 Å². The highest BCUT2D eigenvalue weighted by Gasteiger charge is 1.86. The van der Waals surface area contributed by atoms with Crippen LogP contribution < -0.4 is 5.73 Å². The van der Waals surface area contributed by atoms with E-state index in [4.69, 9.17) is 5.73 Å². The molecule has 0 amide bonds. The summed E-state index contributed by atoms with van der Waals surface area (Å²) >= 11 is 0. The van der Waals surface area contributed by atoms with Gasteiger partial charge in [0.25, 0.3) is 0 Å². The third kappa shape index (κ3) is 3.65. The van der Waals surface area contributed by atoms with E-state index in [1.807, 2.05) is 60.7 Å². The van der Waals surface area contributed by atoms with Gasteiger partial charge < -0.3 is 5.73 Å². The summed E-state index contributed by atoms with van der Waals surface area (Å²) in [5.41, 5.74) is 8.81. The molecule has 2 aromatic carbocycles. The van der Waals surface area contributed by atoms with Crippen LogP contribution in [0.25, 0.3) is 12.2 Å². The third-order valence-electron chi connectivity index (χ3n) is 2.40. The summed E-state index contributed by atoms with van der Waals surface area (Å²) in [4.78, 5) is 0. The van der Waals surface area contributed by atoms with Gasteiger partial charge >= 0.3 is 0 Å². The quantitative estimate of drug-likeness (QED) is 0.615. The molecule has 2 rings (SSSR count).